The summed E-state index contributed by atoms with van der Waals surface area (Å²) in [7, 11) is 0. The molecule has 0 radical (unpaired) electrons. The number of rotatable bonds is 9. The number of carbonyl (C=O) groups excluding carboxylic acids is 1. The molecule has 1 aliphatic rings. The zero-order valence-electron chi connectivity index (χ0n) is 19.9. The average Bonchev–Trinajstić information content (AvgIpc) is 3.16. The third-order valence-electron chi connectivity index (χ3n) is 6.11. The second-order valence-electron chi connectivity index (χ2n) is 8.72. The van der Waals surface area contributed by atoms with Crippen LogP contribution >= 0.6 is 0 Å². The minimum Gasteiger partial charge on any atom is -0.379 e. The molecule has 3 aromatic rings. The van der Waals surface area contributed by atoms with Crippen LogP contribution in [0.3, 0.4) is 0 Å². The van der Waals surface area contributed by atoms with Gasteiger partial charge in [0.15, 0.2) is 0 Å². The molecule has 0 spiro atoms. The van der Waals surface area contributed by atoms with Crippen LogP contribution < -0.4 is 4.90 Å². The minimum absolute atomic E-state index is 0.0541. The summed E-state index contributed by atoms with van der Waals surface area (Å²) >= 11 is 0. The smallest absolute Gasteiger partial charge is 0.227 e. The molecule has 34 heavy (non-hydrogen) atoms. The Labute approximate surface area is 199 Å². The molecule has 1 saturated heterocycles. The summed E-state index contributed by atoms with van der Waals surface area (Å²) in [4.78, 5) is 21.5. The lowest BCUT2D eigenvalue weighted by atomic mass is 10.2. The summed E-state index contributed by atoms with van der Waals surface area (Å²) < 4.78 is 36.1. The highest BCUT2D eigenvalue weighted by Gasteiger charge is 2.23. The third-order valence-corrected chi connectivity index (χ3v) is 6.11. The Morgan fingerprint density at radius 1 is 1.09 bits per heavy atom. The Bertz CT molecular complexity index is 1140. The van der Waals surface area contributed by atoms with Gasteiger partial charge in [-0.2, -0.15) is 0 Å². The molecule has 6 nitrogen and oxygen atoms in total. The largest absolute Gasteiger partial charge is 0.379 e. The van der Waals surface area contributed by atoms with Gasteiger partial charge in [0.05, 0.1) is 36.5 Å². The van der Waals surface area contributed by atoms with Crippen molar-refractivity contribution in [3.63, 3.8) is 0 Å². The summed E-state index contributed by atoms with van der Waals surface area (Å²) in [6, 6.07) is 9.46. The zero-order valence-corrected chi connectivity index (χ0v) is 19.9. The van der Waals surface area contributed by atoms with Crippen molar-refractivity contribution in [2.24, 2.45) is 0 Å². The molecule has 1 fully saturated rings. The van der Waals surface area contributed by atoms with E-state index >= 15 is 0 Å². The number of aromatic nitrogens is 2. The van der Waals surface area contributed by atoms with E-state index in [9.17, 15) is 13.6 Å². The number of hydrogen-bond acceptors (Lipinski definition) is 4. The predicted octanol–water partition coefficient (Wildman–Crippen LogP) is 4.89. The van der Waals surface area contributed by atoms with Gasteiger partial charge in [0.2, 0.25) is 5.91 Å². The van der Waals surface area contributed by atoms with Crippen molar-refractivity contribution in [1.82, 2.24) is 14.5 Å². The number of amides is 1. The summed E-state index contributed by atoms with van der Waals surface area (Å²) in [6.07, 6.45) is 1.74. The van der Waals surface area contributed by atoms with Gasteiger partial charge in [-0.1, -0.05) is 19.9 Å². The van der Waals surface area contributed by atoms with Crippen LogP contribution in [-0.2, 0) is 29.2 Å². The van der Waals surface area contributed by atoms with Gasteiger partial charge < -0.3 is 14.2 Å². The highest BCUT2D eigenvalue weighted by molar-refractivity contribution is 5.93. The van der Waals surface area contributed by atoms with Crippen molar-refractivity contribution >= 4 is 22.6 Å². The van der Waals surface area contributed by atoms with Gasteiger partial charge in [0.25, 0.3) is 0 Å². The van der Waals surface area contributed by atoms with Crippen molar-refractivity contribution in [1.29, 1.82) is 0 Å². The number of ether oxygens (including phenoxy) is 1. The average molecular weight is 471 g/mol. The molecule has 0 saturated carbocycles. The molecular formula is C26H32F2N4O2. The van der Waals surface area contributed by atoms with Gasteiger partial charge in [-0.25, -0.2) is 13.8 Å². The fourth-order valence-electron chi connectivity index (χ4n) is 4.43. The summed E-state index contributed by atoms with van der Waals surface area (Å²) in [5.41, 5.74) is 2.93. The summed E-state index contributed by atoms with van der Waals surface area (Å²) in [5.74, 6) is -0.805. The van der Waals surface area contributed by atoms with Gasteiger partial charge in [-0.15, -0.1) is 0 Å². The first-order valence-electron chi connectivity index (χ1n) is 12.0. The molecule has 0 N–H and O–H groups in total. The highest BCUT2D eigenvalue weighted by atomic mass is 19.1. The summed E-state index contributed by atoms with van der Waals surface area (Å²) in [6.45, 7) is 8.89. The molecule has 2 aromatic carbocycles. The highest BCUT2D eigenvalue weighted by Crippen LogP contribution is 2.26. The Morgan fingerprint density at radius 2 is 1.88 bits per heavy atom. The van der Waals surface area contributed by atoms with Crippen LogP contribution in [0.1, 0.15) is 44.5 Å². The standard InChI is InChI=1S/C26H32F2N4O2/c1-3-5-26(33)32(24-16-20(27)7-8-21(24)28)18-25-29-22-15-19(17-30-11-13-34-14-12-30)6-9-23(22)31(25)10-4-2/h6-9,15-16H,3-5,10-14,17-18H2,1-2H3. The van der Waals surface area contributed by atoms with Gasteiger partial charge in [0, 0.05) is 38.7 Å². The van der Waals surface area contributed by atoms with Crippen molar-refractivity contribution in [2.45, 2.75) is 52.7 Å². The lowest BCUT2D eigenvalue weighted by molar-refractivity contribution is -0.118. The van der Waals surface area contributed by atoms with E-state index in [1.165, 1.54) is 4.90 Å². The number of anilines is 1. The van der Waals surface area contributed by atoms with E-state index in [0.717, 1.165) is 80.6 Å². The lowest BCUT2D eigenvalue weighted by Gasteiger charge is -2.26. The van der Waals surface area contributed by atoms with Crippen LogP contribution in [0.2, 0.25) is 0 Å². The predicted molar refractivity (Wildman–Crippen MR) is 129 cm³/mol. The van der Waals surface area contributed by atoms with E-state index in [-0.39, 0.29) is 24.6 Å². The molecule has 1 aromatic heterocycles. The van der Waals surface area contributed by atoms with Gasteiger partial charge >= 0.3 is 0 Å². The number of benzene rings is 2. The molecule has 0 aliphatic carbocycles. The normalized spacial score (nSPS) is 14.6. The first-order chi connectivity index (χ1) is 16.5. The van der Waals surface area contributed by atoms with E-state index in [2.05, 4.69) is 34.6 Å². The molecule has 4 rings (SSSR count). The molecule has 1 amide bonds. The van der Waals surface area contributed by atoms with Crippen LogP contribution in [0, 0.1) is 11.6 Å². The Morgan fingerprint density at radius 3 is 2.62 bits per heavy atom. The third kappa shape index (κ3) is 5.45. The monoisotopic (exact) mass is 470 g/mol. The number of aryl methyl sites for hydroxylation is 1. The number of fused-ring (bicyclic) bond motifs is 1. The lowest BCUT2D eigenvalue weighted by Crippen LogP contribution is -2.35. The molecular weight excluding hydrogens is 438 g/mol. The zero-order chi connectivity index (χ0) is 24.1. The quantitative estimate of drug-likeness (QED) is 0.447. The molecule has 0 bridgehead atoms. The molecule has 0 atom stereocenters. The maximum absolute atomic E-state index is 14.7. The molecule has 8 heteroatoms. The number of morpholine rings is 1. The number of halogens is 2. The fourth-order valence-corrected chi connectivity index (χ4v) is 4.43. The number of hydrogen-bond donors (Lipinski definition) is 0. The first-order valence-corrected chi connectivity index (χ1v) is 12.0. The molecule has 182 valence electrons. The van der Waals surface area contributed by atoms with E-state index in [1.807, 2.05) is 6.92 Å². The number of nitrogens with zero attached hydrogens (tertiary/aromatic N) is 4. The van der Waals surface area contributed by atoms with Crippen LogP contribution in [0.15, 0.2) is 36.4 Å². The van der Waals surface area contributed by atoms with Gasteiger partial charge in [0.1, 0.15) is 17.5 Å². The number of imidazole rings is 1. The van der Waals surface area contributed by atoms with Crippen molar-refractivity contribution in [2.75, 3.05) is 31.2 Å². The van der Waals surface area contributed by atoms with Crippen LogP contribution in [-0.4, -0.2) is 46.7 Å². The van der Waals surface area contributed by atoms with Crippen molar-refractivity contribution in [3.8, 4) is 0 Å². The van der Waals surface area contributed by atoms with E-state index in [4.69, 9.17) is 9.72 Å². The first kappa shape index (κ1) is 24.3. The Kier molecular flexibility index (Phi) is 7.90. The molecule has 0 unspecified atom stereocenters. The van der Waals surface area contributed by atoms with Crippen LogP contribution in [0.4, 0.5) is 14.5 Å². The van der Waals surface area contributed by atoms with E-state index in [0.29, 0.717) is 12.2 Å². The van der Waals surface area contributed by atoms with Gasteiger partial charge in [-0.3, -0.25) is 9.69 Å². The Hall–Kier alpha value is -2.84. The minimum atomic E-state index is -0.628. The SMILES string of the molecule is CCCC(=O)N(Cc1nc2cc(CN3CCOCC3)ccc2n1CCC)c1cc(F)ccc1F. The Balaban J connectivity index is 1.69. The molecule has 2 heterocycles. The van der Waals surface area contributed by atoms with Gasteiger partial charge in [-0.05, 0) is 42.7 Å². The van der Waals surface area contributed by atoms with E-state index in [1.54, 1.807) is 0 Å². The second-order valence-corrected chi connectivity index (χ2v) is 8.72. The van der Waals surface area contributed by atoms with Crippen molar-refractivity contribution in [3.05, 3.63) is 59.4 Å². The number of carbonyl (C=O) groups is 1. The maximum atomic E-state index is 14.7. The van der Waals surface area contributed by atoms with Crippen molar-refractivity contribution < 1.29 is 18.3 Å². The molecule has 1 aliphatic heterocycles. The maximum Gasteiger partial charge on any atom is 0.227 e. The second kappa shape index (κ2) is 11.1. The summed E-state index contributed by atoms with van der Waals surface area (Å²) in [5, 5.41) is 0. The topological polar surface area (TPSA) is 50.6 Å². The fraction of sp³-hybridized carbons (Fsp3) is 0.462. The van der Waals surface area contributed by atoms with Crippen LogP contribution in [0.25, 0.3) is 11.0 Å². The van der Waals surface area contributed by atoms with E-state index < -0.39 is 11.6 Å². The van der Waals surface area contributed by atoms with Crippen LogP contribution in [0.5, 0.6) is 0 Å².